The van der Waals surface area contributed by atoms with Gasteiger partial charge in [0.05, 0.1) is 12.8 Å². The van der Waals surface area contributed by atoms with Gasteiger partial charge in [-0.05, 0) is 37.5 Å². The Morgan fingerprint density at radius 2 is 2.08 bits per heavy atom. The summed E-state index contributed by atoms with van der Waals surface area (Å²) in [5.41, 5.74) is 2.01. The highest BCUT2D eigenvalue weighted by Crippen LogP contribution is 2.22. The summed E-state index contributed by atoms with van der Waals surface area (Å²) in [6.45, 7) is 6.02. The number of nitrogens with zero attached hydrogens (tertiary/aromatic N) is 2. The molecule has 1 aromatic heterocycles. The second-order valence-electron chi connectivity index (χ2n) is 5.47. The number of halogens is 2. The Hall–Kier alpha value is -1.48. The number of benzene rings is 1. The Morgan fingerprint density at radius 3 is 2.69 bits per heavy atom. The number of aryl methyl sites for hydroxylation is 1. The number of hydrogen-bond acceptors (Lipinski definition) is 4. The molecule has 2 rings (SSSR count). The molecule has 0 aliphatic rings. The van der Waals surface area contributed by atoms with Crippen LogP contribution in [-0.2, 0) is 19.4 Å². The van der Waals surface area contributed by atoms with Gasteiger partial charge in [-0.2, -0.15) is 0 Å². The smallest absolute Gasteiger partial charge is 0.191 e. The maximum Gasteiger partial charge on any atom is 0.191 e. The Morgan fingerprint density at radius 1 is 1.27 bits per heavy atom. The molecule has 2 N–H and O–H groups in total. The second-order valence-corrected chi connectivity index (χ2v) is 5.87. The number of nitrogens with one attached hydrogen (secondary N) is 2. The van der Waals surface area contributed by atoms with Gasteiger partial charge in [0.15, 0.2) is 11.7 Å². The van der Waals surface area contributed by atoms with Gasteiger partial charge in [0.25, 0.3) is 0 Å². The summed E-state index contributed by atoms with van der Waals surface area (Å²) in [6, 6.07) is 7.65. The zero-order valence-corrected chi connectivity index (χ0v) is 18.4. The number of rotatable bonds is 8. The fourth-order valence-electron chi connectivity index (χ4n) is 2.27. The number of ether oxygens (including phenoxy) is 1. The average molecular weight is 493 g/mol. The molecule has 0 saturated heterocycles. The number of guanidine groups is 1. The van der Waals surface area contributed by atoms with Gasteiger partial charge in [-0.3, -0.25) is 0 Å². The van der Waals surface area contributed by atoms with E-state index in [-0.39, 0.29) is 24.0 Å². The molecule has 144 valence electrons. The van der Waals surface area contributed by atoms with Gasteiger partial charge in [-0.1, -0.05) is 29.7 Å². The maximum atomic E-state index is 6.27. The van der Waals surface area contributed by atoms with Crippen LogP contribution < -0.4 is 15.4 Å². The zero-order chi connectivity index (χ0) is 18.1. The van der Waals surface area contributed by atoms with Gasteiger partial charge in [0.1, 0.15) is 12.3 Å². The monoisotopic (exact) mass is 492 g/mol. The van der Waals surface area contributed by atoms with E-state index >= 15 is 0 Å². The Balaban J connectivity index is 0.00000338. The molecule has 0 fully saturated rings. The minimum Gasteiger partial charge on any atom is -0.497 e. The first kappa shape index (κ1) is 22.6. The van der Waals surface area contributed by atoms with Crippen molar-refractivity contribution in [2.45, 2.75) is 33.2 Å². The van der Waals surface area contributed by atoms with E-state index < -0.39 is 0 Å². The summed E-state index contributed by atoms with van der Waals surface area (Å²) >= 11 is 6.27. The largest absolute Gasteiger partial charge is 0.497 e. The van der Waals surface area contributed by atoms with Crippen LogP contribution in [0.3, 0.4) is 0 Å². The molecule has 1 heterocycles. The summed E-state index contributed by atoms with van der Waals surface area (Å²) in [4.78, 5) is 4.52. The molecule has 0 aliphatic carbocycles. The summed E-state index contributed by atoms with van der Waals surface area (Å²) in [5, 5.41) is 11.2. The van der Waals surface area contributed by atoms with Crippen LogP contribution in [0.1, 0.15) is 30.9 Å². The van der Waals surface area contributed by atoms with E-state index in [2.05, 4.69) is 20.8 Å². The molecular weight excluding hydrogens is 467 g/mol. The molecule has 6 nitrogen and oxygen atoms in total. The van der Waals surface area contributed by atoms with Crippen molar-refractivity contribution in [2.75, 3.05) is 20.2 Å². The molecular formula is C18H26ClIN4O2. The van der Waals surface area contributed by atoms with Gasteiger partial charge in [-0.15, -0.1) is 24.0 Å². The SMILES string of the molecule is CCNC(=NCc1cc(CC)no1)NCCc1ccc(OC)cc1Cl.I. The molecule has 0 amide bonds. The van der Waals surface area contributed by atoms with Crippen LogP contribution in [0.25, 0.3) is 0 Å². The third-order valence-electron chi connectivity index (χ3n) is 3.65. The Bertz CT molecular complexity index is 706. The van der Waals surface area contributed by atoms with Crippen molar-refractivity contribution < 1.29 is 9.26 Å². The summed E-state index contributed by atoms with van der Waals surface area (Å²) < 4.78 is 10.4. The van der Waals surface area contributed by atoms with Crippen molar-refractivity contribution >= 4 is 41.5 Å². The first-order chi connectivity index (χ1) is 12.2. The van der Waals surface area contributed by atoms with Crippen LogP contribution in [0.2, 0.25) is 5.02 Å². The Kier molecular flexibility index (Phi) is 10.4. The topological polar surface area (TPSA) is 71.7 Å². The van der Waals surface area contributed by atoms with Crippen molar-refractivity contribution in [3.8, 4) is 5.75 Å². The van der Waals surface area contributed by atoms with Crippen molar-refractivity contribution in [3.63, 3.8) is 0 Å². The highest BCUT2D eigenvalue weighted by molar-refractivity contribution is 14.0. The summed E-state index contributed by atoms with van der Waals surface area (Å²) in [7, 11) is 1.63. The maximum absolute atomic E-state index is 6.27. The fourth-order valence-corrected chi connectivity index (χ4v) is 2.53. The summed E-state index contributed by atoms with van der Waals surface area (Å²) in [5.74, 6) is 2.25. The predicted molar refractivity (Wildman–Crippen MR) is 116 cm³/mol. The molecule has 0 aliphatic heterocycles. The first-order valence-corrected chi connectivity index (χ1v) is 8.83. The van der Waals surface area contributed by atoms with E-state index in [4.69, 9.17) is 20.9 Å². The summed E-state index contributed by atoms with van der Waals surface area (Å²) in [6.07, 6.45) is 1.64. The molecule has 8 heteroatoms. The fraction of sp³-hybridized carbons (Fsp3) is 0.444. The molecule has 0 atom stereocenters. The number of aliphatic imine (C=N–C) groups is 1. The van der Waals surface area contributed by atoms with Crippen molar-refractivity contribution in [1.82, 2.24) is 15.8 Å². The molecule has 1 aromatic carbocycles. The lowest BCUT2D eigenvalue weighted by Crippen LogP contribution is -2.38. The van der Waals surface area contributed by atoms with E-state index in [0.717, 1.165) is 48.1 Å². The molecule has 0 saturated carbocycles. The Labute approximate surface area is 176 Å². The minimum absolute atomic E-state index is 0. The van der Waals surface area contributed by atoms with E-state index in [1.807, 2.05) is 38.1 Å². The van der Waals surface area contributed by atoms with Crippen LogP contribution in [0, 0.1) is 0 Å². The quantitative estimate of drug-likeness (QED) is 0.333. The second kappa shape index (κ2) is 12.0. The third kappa shape index (κ3) is 7.03. The van der Waals surface area contributed by atoms with Crippen LogP contribution in [0.4, 0.5) is 0 Å². The van der Waals surface area contributed by atoms with Gasteiger partial charge >= 0.3 is 0 Å². The normalized spacial score (nSPS) is 11.0. The number of hydrogen-bond donors (Lipinski definition) is 2. The van der Waals surface area contributed by atoms with Gasteiger partial charge in [0.2, 0.25) is 0 Å². The molecule has 0 radical (unpaired) electrons. The lowest BCUT2D eigenvalue weighted by atomic mass is 10.1. The first-order valence-electron chi connectivity index (χ1n) is 8.45. The molecule has 0 unspecified atom stereocenters. The molecule has 26 heavy (non-hydrogen) atoms. The third-order valence-corrected chi connectivity index (χ3v) is 4.01. The van der Waals surface area contributed by atoms with E-state index in [1.54, 1.807) is 7.11 Å². The van der Waals surface area contributed by atoms with E-state index in [0.29, 0.717) is 18.1 Å². The zero-order valence-electron chi connectivity index (χ0n) is 15.3. The van der Waals surface area contributed by atoms with Crippen molar-refractivity contribution in [2.24, 2.45) is 4.99 Å². The molecule has 0 spiro atoms. The number of methoxy groups -OCH3 is 1. The van der Waals surface area contributed by atoms with Gasteiger partial charge in [-0.25, -0.2) is 4.99 Å². The van der Waals surface area contributed by atoms with Crippen LogP contribution in [0.5, 0.6) is 5.75 Å². The minimum atomic E-state index is 0. The van der Waals surface area contributed by atoms with Crippen LogP contribution in [-0.4, -0.2) is 31.3 Å². The van der Waals surface area contributed by atoms with Crippen molar-refractivity contribution in [3.05, 3.63) is 46.3 Å². The highest BCUT2D eigenvalue weighted by Gasteiger charge is 2.05. The van der Waals surface area contributed by atoms with Crippen LogP contribution in [0.15, 0.2) is 33.8 Å². The molecule has 0 bridgehead atoms. The van der Waals surface area contributed by atoms with E-state index in [1.165, 1.54) is 0 Å². The predicted octanol–water partition coefficient (Wildman–Crippen LogP) is 3.81. The van der Waals surface area contributed by atoms with Gasteiger partial charge < -0.3 is 19.9 Å². The standard InChI is InChI=1S/C18H25ClN4O2.HI/c1-4-14-10-16(25-23-14)12-22-18(20-5-2)21-9-8-13-6-7-15(24-3)11-17(13)19;/h6-7,10-11H,4-5,8-9,12H2,1-3H3,(H2,20,21,22);1H. The number of aromatic nitrogens is 1. The lowest BCUT2D eigenvalue weighted by molar-refractivity contribution is 0.379. The van der Waals surface area contributed by atoms with Crippen molar-refractivity contribution in [1.29, 1.82) is 0 Å². The highest BCUT2D eigenvalue weighted by atomic mass is 127. The average Bonchev–Trinajstić information content (AvgIpc) is 3.09. The van der Waals surface area contributed by atoms with Crippen LogP contribution >= 0.6 is 35.6 Å². The molecule has 2 aromatic rings. The lowest BCUT2D eigenvalue weighted by Gasteiger charge is -2.12. The van der Waals surface area contributed by atoms with E-state index in [9.17, 15) is 0 Å². The van der Waals surface area contributed by atoms with Gasteiger partial charge in [0, 0.05) is 24.2 Å².